The van der Waals surface area contributed by atoms with Crippen molar-refractivity contribution in [3.8, 4) is 0 Å². The molecular weight excluding hydrogens is 252 g/mol. The summed E-state index contributed by atoms with van der Waals surface area (Å²) in [4.78, 5) is 46.7. The molecule has 1 aliphatic rings. The number of cyclic esters (lactones) is 2. The van der Waals surface area contributed by atoms with E-state index in [1.807, 2.05) is 6.92 Å². The predicted octanol–water partition coefficient (Wildman–Crippen LogP) is 1.01. The molecule has 1 aliphatic heterocycles. The lowest BCUT2D eigenvalue weighted by atomic mass is 9.93. The third-order valence-corrected chi connectivity index (χ3v) is 3.00. The first-order valence-corrected chi connectivity index (χ1v) is 6.19. The van der Waals surface area contributed by atoms with Crippen molar-refractivity contribution in [2.75, 3.05) is 0 Å². The van der Waals surface area contributed by atoms with Gasteiger partial charge in [-0.1, -0.05) is 13.8 Å². The summed E-state index contributed by atoms with van der Waals surface area (Å²) >= 11 is 0. The van der Waals surface area contributed by atoms with E-state index in [-0.39, 0.29) is 11.7 Å². The van der Waals surface area contributed by atoms with Crippen LogP contribution in [0.1, 0.15) is 40.5 Å². The van der Waals surface area contributed by atoms with Gasteiger partial charge in [0.25, 0.3) is 5.79 Å². The highest BCUT2D eigenvalue weighted by Crippen LogP contribution is 2.24. The molecule has 0 radical (unpaired) electrons. The van der Waals surface area contributed by atoms with Crippen molar-refractivity contribution in [1.29, 1.82) is 0 Å². The summed E-state index contributed by atoms with van der Waals surface area (Å²) in [6.07, 6.45) is 0.142. The quantitative estimate of drug-likeness (QED) is 0.547. The van der Waals surface area contributed by atoms with Crippen molar-refractivity contribution < 1.29 is 28.7 Å². The molecule has 0 aromatic heterocycles. The van der Waals surface area contributed by atoms with E-state index in [0.717, 1.165) is 0 Å². The number of ether oxygens (including phenoxy) is 2. The summed E-state index contributed by atoms with van der Waals surface area (Å²) < 4.78 is 9.66. The lowest BCUT2D eigenvalue weighted by molar-refractivity contribution is -0.238. The van der Waals surface area contributed by atoms with Crippen molar-refractivity contribution in [3.63, 3.8) is 0 Å². The average Bonchev–Trinajstić information content (AvgIpc) is 2.24. The third-order valence-electron chi connectivity index (χ3n) is 3.00. The van der Waals surface area contributed by atoms with Gasteiger partial charge in [0.05, 0.1) is 6.42 Å². The van der Waals surface area contributed by atoms with Crippen molar-refractivity contribution in [2.24, 2.45) is 11.8 Å². The second-order valence-corrected chi connectivity index (χ2v) is 5.09. The average molecular weight is 270 g/mol. The Bertz CT molecular complexity index is 403. The molecule has 1 rings (SSSR count). The molecule has 0 N–H and O–H groups in total. The van der Waals surface area contributed by atoms with E-state index in [4.69, 9.17) is 9.47 Å². The summed E-state index contributed by atoms with van der Waals surface area (Å²) in [5.74, 6) is -6.26. The topological polar surface area (TPSA) is 86.7 Å². The van der Waals surface area contributed by atoms with Gasteiger partial charge in [-0.15, -0.1) is 0 Å². The van der Waals surface area contributed by atoms with E-state index >= 15 is 0 Å². The van der Waals surface area contributed by atoms with Crippen LogP contribution < -0.4 is 0 Å². The SMILES string of the molecule is CCC(C)C(=O)CC(=O)C1C(=O)OC(C)(C)OC1=O. The van der Waals surface area contributed by atoms with E-state index < -0.39 is 35.8 Å². The molecule has 0 aromatic rings. The maximum absolute atomic E-state index is 11.8. The maximum Gasteiger partial charge on any atom is 0.331 e. The first-order valence-electron chi connectivity index (χ1n) is 6.19. The minimum Gasteiger partial charge on any atom is -0.422 e. The van der Waals surface area contributed by atoms with Crippen LogP contribution in [0.2, 0.25) is 0 Å². The van der Waals surface area contributed by atoms with E-state index in [2.05, 4.69) is 0 Å². The van der Waals surface area contributed by atoms with Gasteiger partial charge in [0, 0.05) is 19.8 Å². The molecular formula is C13H18O6. The molecule has 106 valence electrons. The summed E-state index contributed by atoms with van der Waals surface area (Å²) in [5, 5.41) is 0. The van der Waals surface area contributed by atoms with Crippen LogP contribution in [0, 0.1) is 11.8 Å². The van der Waals surface area contributed by atoms with Crippen LogP contribution >= 0.6 is 0 Å². The molecule has 19 heavy (non-hydrogen) atoms. The molecule has 6 heteroatoms. The van der Waals surface area contributed by atoms with Gasteiger partial charge in [0.2, 0.25) is 5.92 Å². The number of Topliss-reactive ketones (excluding diaryl/α,β-unsaturated/α-hetero) is 2. The van der Waals surface area contributed by atoms with Crippen LogP contribution in [0.3, 0.4) is 0 Å². The number of esters is 2. The molecule has 0 spiro atoms. The zero-order valence-corrected chi connectivity index (χ0v) is 11.5. The molecule has 1 heterocycles. The van der Waals surface area contributed by atoms with Crippen LogP contribution in [0.4, 0.5) is 0 Å². The second kappa shape index (κ2) is 5.50. The Morgan fingerprint density at radius 1 is 1.21 bits per heavy atom. The molecule has 0 saturated carbocycles. The second-order valence-electron chi connectivity index (χ2n) is 5.09. The zero-order valence-electron chi connectivity index (χ0n) is 11.5. The lowest BCUT2D eigenvalue weighted by Gasteiger charge is -2.32. The number of hydrogen-bond acceptors (Lipinski definition) is 6. The molecule has 0 amide bonds. The van der Waals surface area contributed by atoms with E-state index in [0.29, 0.717) is 6.42 Å². The summed E-state index contributed by atoms with van der Waals surface area (Å²) in [6.45, 7) is 6.30. The Morgan fingerprint density at radius 3 is 2.11 bits per heavy atom. The molecule has 0 bridgehead atoms. The van der Waals surface area contributed by atoms with Crippen molar-refractivity contribution >= 4 is 23.5 Å². The Balaban J connectivity index is 2.75. The molecule has 1 unspecified atom stereocenters. The van der Waals surface area contributed by atoms with E-state index in [1.165, 1.54) is 13.8 Å². The summed E-state index contributed by atoms with van der Waals surface area (Å²) in [7, 11) is 0. The monoisotopic (exact) mass is 270 g/mol. The highest BCUT2D eigenvalue weighted by Gasteiger charge is 2.47. The molecule has 0 aliphatic carbocycles. The fourth-order valence-electron chi connectivity index (χ4n) is 1.66. The Labute approximate surface area is 111 Å². The Kier molecular flexibility index (Phi) is 4.44. The molecule has 6 nitrogen and oxygen atoms in total. The minimum absolute atomic E-state index is 0.281. The van der Waals surface area contributed by atoms with Gasteiger partial charge >= 0.3 is 11.9 Å². The molecule has 1 atom stereocenters. The molecule has 1 fully saturated rings. The minimum atomic E-state index is -1.64. The van der Waals surface area contributed by atoms with Gasteiger partial charge < -0.3 is 9.47 Å². The van der Waals surface area contributed by atoms with Crippen LogP contribution in [0.25, 0.3) is 0 Å². The van der Waals surface area contributed by atoms with Crippen LogP contribution in [0.5, 0.6) is 0 Å². The smallest absolute Gasteiger partial charge is 0.331 e. The first-order chi connectivity index (χ1) is 8.68. The van der Waals surface area contributed by atoms with Gasteiger partial charge in [-0.05, 0) is 6.42 Å². The van der Waals surface area contributed by atoms with Crippen molar-refractivity contribution in [3.05, 3.63) is 0 Å². The van der Waals surface area contributed by atoms with E-state index in [1.54, 1.807) is 6.92 Å². The Hall–Kier alpha value is -1.72. The van der Waals surface area contributed by atoms with Crippen molar-refractivity contribution in [2.45, 2.75) is 46.3 Å². The lowest BCUT2D eigenvalue weighted by Crippen LogP contribution is -2.49. The standard InChI is InChI=1S/C13H18O6/c1-5-7(2)8(14)6-9(15)10-11(16)18-13(3,4)19-12(10)17/h7,10H,5-6H2,1-4H3. The Morgan fingerprint density at radius 2 is 1.68 bits per heavy atom. The van der Waals surface area contributed by atoms with Gasteiger partial charge in [-0.2, -0.15) is 0 Å². The fraction of sp³-hybridized carbons (Fsp3) is 0.692. The summed E-state index contributed by atoms with van der Waals surface area (Å²) in [6, 6.07) is 0. The van der Waals surface area contributed by atoms with Gasteiger partial charge in [-0.25, -0.2) is 0 Å². The number of carbonyl (C=O) groups excluding carboxylic acids is 4. The third kappa shape index (κ3) is 3.62. The number of carbonyl (C=O) groups is 4. The van der Waals surface area contributed by atoms with Gasteiger partial charge in [-0.3, -0.25) is 19.2 Å². The zero-order chi connectivity index (χ0) is 14.8. The maximum atomic E-state index is 11.8. The van der Waals surface area contributed by atoms with E-state index in [9.17, 15) is 19.2 Å². The number of hydrogen-bond donors (Lipinski definition) is 0. The van der Waals surface area contributed by atoms with Gasteiger partial charge in [0.1, 0.15) is 5.78 Å². The molecule has 0 aromatic carbocycles. The van der Waals surface area contributed by atoms with Crippen LogP contribution in [0.15, 0.2) is 0 Å². The van der Waals surface area contributed by atoms with Crippen LogP contribution in [-0.4, -0.2) is 29.3 Å². The number of rotatable bonds is 5. The normalized spacial score (nSPS) is 20.4. The van der Waals surface area contributed by atoms with Gasteiger partial charge in [0.15, 0.2) is 5.78 Å². The number of ketones is 2. The predicted molar refractivity (Wildman–Crippen MR) is 63.8 cm³/mol. The first kappa shape index (κ1) is 15.3. The van der Waals surface area contributed by atoms with Crippen LogP contribution in [-0.2, 0) is 28.7 Å². The van der Waals surface area contributed by atoms with Crippen molar-refractivity contribution in [1.82, 2.24) is 0 Å². The highest BCUT2D eigenvalue weighted by molar-refractivity contribution is 6.19. The highest BCUT2D eigenvalue weighted by atomic mass is 16.7. The largest absolute Gasteiger partial charge is 0.422 e. The fourth-order valence-corrected chi connectivity index (χ4v) is 1.66. The summed E-state index contributed by atoms with van der Waals surface area (Å²) in [5.41, 5.74) is 0. The molecule has 1 saturated heterocycles.